The largest absolute Gasteiger partial charge is 0.466 e. The minimum Gasteiger partial charge on any atom is -0.466 e. The molecule has 28 heavy (non-hydrogen) atoms. The van der Waals surface area contributed by atoms with Gasteiger partial charge in [0, 0.05) is 22.4 Å². The number of esters is 1. The van der Waals surface area contributed by atoms with Crippen molar-refractivity contribution in [3.05, 3.63) is 64.7 Å². The van der Waals surface area contributed by atoms with Gasteiger partial charge in [-0.15, -0.1) is 11.8 Å². The van der Waals surface area contributed by atoms with E-state index >= 15 is 0 Å². The first-order chi connectivity index (χ1) is 13.5. The Kier molecular flexibility index (Phi) is 6.86. The molecular formula is C25H28O2S. The molecule has 0 unspecified atom stereocenters. The Morgan fingerprint density at radius 2 is 2.00 bits per heavy atom. The molecule has 2 aromatic rings. The zero-order chi connectivity index (χ0) is 20.0. The number of rotatable bonds is 5. The molecule has 1 aliphatic rings. The Balaban J connectivity index is 1.75. The van der Waals surface area contributed by atoms with Crippen molar-refractivity contribution in [2.45, 2.75) is 56.8 Å². The fourth-order valence-electron chi connectivity index (χ4n) is 3.47. The zero-order valence-electron chi connectivity index (χ0n) is 17.0. The predicted molar refractivity (Wildman–Crippen MR) is 117 cm³/mol. The fourth-order valence-corrected chi connectivity index (χ4v) is 4.96. The summed E-state index contributed by atoms with van der Waals surface area (Å²) >= 11 is 1.95. The normalized spacial score (nSPS) is 14.5. The highest BCUT2D eigenvalue weighted by Gasteiger charge is 2.27. The zero-order valence-corrected chi connectivity index (χ0v) is 17.8. The highest BCUT2D eigenvalue weighted by atomic mass is 32.2. The van der Waals surface area contributed by atoms with E-state index in [1.165, 1.54) is 28.2 Å². The molecule has 0 amide bonds. The minimum atomic E-state index is -0.124. The molecule has 2 nitrogen and oxygen atoms in total. The molecular weight excluding hydrogens is 364 g/mol. The monoisotopic (exact) mass is 392 g/mol. The first-order valence-electron chi connectivity index (χ1n) is 10.0. The molecule has 0 atom stereocenters. The smallest absolute Gasteiger partial charge is 0.305 e. The van der Waals surface area contributed by atoms with Gasteiger partial charge in [-0.05, 0) is 72.7 Å². The van der Waals surface area contributed by atoms with Gasteiger partial charge in [0.15, 0.2) is 0 Å². The highest BCUT2D eigenvalue weighted by molar-refractivity contribution is 7.99. The van der Waals surface area contributed by atoms with Crippen molar-refractivity contribution >= 4 is 17.7 Å². The summed E-state index contributed by atoms with van der Waals surface area (Å²) < 4.78 is 5.01. The van der Waals surface area contributed by atoms with Crippen LogP contribution in [0.1, 0.15) is 62.3 Å². The molecule has 0 bridgehead atoms. The topological polar surface area (TPSA) is 26.3 Å². The van der Waals surface area contributed by atoms with E-state index in [0.717, 1.165) is 24.0 Å². The summed E-state index contributed by atoms with van der Waals surface area (Å²) in [7, 11) is 0. The number of thioether (sulfide) groups is 1. The highest BCUT2D eigenvalue weighted by Crippen LogP contribution is 2.41. The summed E-state index contributed by atoms with van der Waals surface area (Å²) in [6, 6.07) is 14.8. The molecule has 1 aliphatic heterocycles. The Morgan fingerprint density at radius 3 is 2.82 bits per heavy atom. The second kappa shape index (κ2) is 9.34. The van der Waals surface area contributed by atoms with Crippen LogP contribution in [0.4, 0.5) is 0 Å². The molecule has 0 radical (unpaired) electrons. The SMILES string of the molecule is CCOC(=O)CCCc1ccccc1C#Cc1ccc2c(c1)C(C)(C)CCS2. The molecule has 0 spiro atoms. The lowest BCUT2D eigenvalue weighted by Crippen LogP contribution is -2.22. The number of hydrogen-bond donors (Lipinski definition) is 0. The van der Waals surface area contributed by atoms with Crippen molar-refractivity contribution in [2.24, 2.45) is 0 Å². The summed E-state index contributed by atoms with van der Waals surface area (Å²) in [5.74, 6) is 7.77. The maximum absolute atomic E-state index is 11.5. The Hall–Kier alpha value is -2.18. The summed E-state index contributed by atoms with van der Waals surface area (Å²) in [6.45, 7) is 6.92. The van der Waals surface area contributed by atoms with E-state index in [4.69, 9.17) is 4.74 Å². The van der Waals surface area contributed by atoms with Gasteiger partial charge in [-0.2, -0.15) is 0 Å². The number of aryl methyl sites for hydroxylation is 1. The lowest BCUT2D eigenvalue weighted by atomic mass is 9.81. The van der Waals surface area contributed by atoms with Crippen LogP contribution < -0.4 is 0 Å². The lowest BCUT2D eigenvalue weighted by molar-refractivity contribution is -0.143. The number of ether oxygens (including phenoxy) is 1. The number of carbonyl (C=O) groups is 1. The third-order valence-electron chi connectivity index (χ3n) is 5.18. The van der Waals surface area contributed by atoms with E-state index in [0.29, 0.717) is 13.0 Å². The summed E-state index contributed by atoms with van der Waals surface area (Å²) in [6.07, 6.45) is 3.26. The van der Waals surface area contributed by atoms with Crippen molar-refractivity contribution in [3.8, 4) is 11.8 Å². The van der Waals surface area contributed by atoms with Crippen molar-refractivity contribution in [3.63, 3.8) is 0 Å². The van der Waals surface area contributed by atoms with Gasteiger partial charge < -0.3 is 4.74 Å². The quantitative estimate of drug-likeness (QED) is 0.479. The molecule has 0 aliphatic carbocycles. The Morgan fingerprint density at radius 1 is 1.18 bits per heavy atom. The third-order valence-corrected chi connectivity index (χ3v) is 6.26. The molecule has 0 N–H and O–H groups in total. The summed E-state index contributed by atoms with van der Waals surface area (Å²) in [5, 5.41) is 0. The van der Waals surface area contributed by atoms with Crippen LogP contribution in [0.25, 0.3) is 0 Å². The maximum Gasteiger partial charge on any atom is 0.305 e. The average Bonchev–Trinajstić information content (AvgIpc) is 2.67. The van der Waals surface area contributed by atoms with Crippen molar-refractivity contribution < 1.29 is 9.53 Å². The number of hydrogen-bond acceptors (Lipinski definition) is 3. The van der Waals surface area contributed by atoms with E-state index in [2.05, 4.69) is 56.0 Å². The molecule has 3 rings (SSSR count). The summed E-state index contributed by atoms with van der Waals surface area (Å²) in [5.41, 5.74) is 4.92. The van der Waals surface area contributed by atoms with Crippen LogP contribution in [0.15, 0.2) is 47.4 Å². The third kappa shape index (κ3) is 5.20. The number of fused-ring (bicyclic) bond motifs is 1. The second-order valence-corrected chi connectivity index (χ2v) is 8.90. The van der Waals surface area contributed by atoms with Gasteiger partial charge in [-0.1, -0.05) is 43.9 Å². The molecule has 0 saturated carbocycles. The van der Waals surface area contributed by atoms with Crippen molar-refractivity contribution in [1.29, 1.82) is 0 Å². The van der Waals surface area contributed by atoms with E-state index in [-0.39, 0.29) is 11.4 Å². The minimum absolute atomic E-state index is 0.124. The average molecular weight is 393 g/mol. The van der Waals surface area contributed by atoms with Gasteiger partial charge in [0.05, 0.1) is 6.61 Å². The van der Waals surface area contributed by atoms with E-state index in [1.807, 2.05) is 30.8 Å². The van der Waals surface area contributed by atoms with Crippen LogP contribution in [0.2, 0.25) is 0 Å². The first kappa shape index (κ1) is 20.6. The van der Waals surface area contributed by atoms with E-state index in [1.54, 1.807) is 0 Å². The molecule has 1 heterocycles. The van der Waals surface area contributed by atoms with Gasteiger partial charge in [0.2, 0.25) is 0 Å². The van der Waals surface area contributed by atoms with Gasteiger partial charge >= 0.3 is 5.97 Å². The van der Waals surface area contributed by atoms with Gasteiger partial charge in [-0.25, -0.2) is 0 Å². The molecule has 146 valence electrons. The molecule has 0 aromatic heterocycles. The van der Waals surface area contributed by atoms with Crippen molar-refractivity contribution in [2.75, 3.05) is 12.4 Å². The molecule has 2 aromatic carbocycles. The lowest BCUT2D eigenvalue weighted by Gasteiger charge is -2.32. The van der Waals surface area contributed by atoms with E-state index in [9.17, 15) is 4.79 Å². The first-order valence-corrected chi connectivity index (χ1v) is 11.0. The number of benzene rings is 2. The summed E-state index contributed by atoms with van der Waals surface area (Å²) in [4.78, 5) is 12.9. The van der Waals surface area contributed by atoms with Crippen molar-refractivity contribution in [1.82, 2.24) is 0 Å². The van der Waals surface area contributed by atoms with Crippen LogP contribution in [-0.2, 0) is 21.4 Å². The second-order valence-electron chi connectivity index (χ2n) is 7.76. The maximum atomic E-state index is 11.5. The van der Waals surface area contributed by atoms with Gasteiger partial charge in [-0.3, -0.25) is 4.79 Å². The van der Waals surface area contributed by atoms with Crippen LogP contribution in [0.3, 0.4) is 0 Å². The van der Waals surface area contributed by atoms with Gasteiger partial charge in [0.25, 0.3) is 0 Å². The predicted octanol–water partition coefficient (Wildman–Crippen LogP) is 5.75. The van der Waals surface area contributed by atoms with Crippen LogP contribution in [0.5, 0.6) is 0 Å². The van der Waals surface area contributed by atoms with Crippen LogP contribution in [0, 0.1) is 11.8 Å². The Labute approximate surface area is 173 Å². The standard InChI is InChI=1S/C25H28O2S/c1-4-27-24(26)11-7-10-20-8-5-6-9-21(20)14-12-19-13-15-23-22(18-19)25(2,3)16-17-28-23/h5-6,8-9,13,15,18H,4,7,10-11,16-17H2,1-3H3. The van der Waals surface area contributed by atoms with Gasteiger partial charge in [0.1, 0.15) is 0 Å². The van der Waals surface area contributed by atoms with E-state index < -0.39 is 0 Å². The molecule has 3 heteroatoms. The number of carbonyl (C=O) groups excluding carboxylic acids is 1. The molecule has 0 fully saturated rings. The van der Waals surface area contributed by atoms with Crippen LogP contribution in [-0.4, -0.2) is 18.3 Å². The Bertz CT molecular complexity index is 902. The van der Waals surface area contributed by atoms with Crippen LogP contribution >= 0.6 is 11.8 Å². The molecule has 0 saturated heterocycles. The fraction of sp³-hybridized carbons (Fsp3) is 0.400.